The summed E-state index contributed by atoms with van der Waals surface area (Å²) in [7, 11) is 0. The molecule has 0 amide bonds. The molecule has 2 aromatic carbocycles. The van der Waals surface area contributed by atoms with E-state index in [-0.39, 0.29) is 5.56 Å². The second-order valence-corrected chi connectivity index (χ2v) is 7.89. The first-order chi connectivity index (χ1) is 12.5. The third-order valence-electron chi connectivity index (χ3n) is 4.80. The summed E-state index contributed by atoms with van der Waals surface area (Å²) in [5.41, 5.74) is 5.65. The van der Waals surface area contributed by atoms with Gasteiger partial charge in [0, 0.05) is 16.9 Å². The maximum Gasteiger partial charge on any atom is 0.260 e. The highest BCUT2D eigenvalue weighted by molar-refractivity contribution is 7.19. The zero-order valence-corrected chi connectivity index (χ0v) is 15.9. The highest BCUT2D eigenvalue weighted by Crippen LogP contribution is 2.36. The lowest BCUT2D eigenvalue weighted by atomic mass is 9.99. The molecule has 0 saturated heterocycles. The van der Waals surface area contributed by atoms with Crippen molar-refractivity contribution in [2.45, 2.75) is 27.2 Å². The van der Waals surface area contributed by atoms with Crippen molar-refractivity contribution in [1.29, 1.82) is 0 Å². The molecule has 0 radical (unpaired) electrons. The number of benzene rings is 2. The Bertz CT molecular complexity index is 1160. The van der Waals surface area contributed by atoms with Crippen LogP contribution in [0.25, 0.3) is 21.3 Å². The van der Waals surface area contributed by atoms with Crippen LogP contribution in [0.5, 0.6) is 0 Å². The van der Waals surface area contributed by atoms with Gasteiger partial charge in [-0.05, 0) is 43.0 Å². The van der Waals surface area contributed by atoms with Crippen LogP contribution in [0, 0.1) is 20.8 Å². The number of fused-ring (bicyclic) bond motifs is 1. The van der Waals surface area contributed by atoms with Gasteiger partial charge in [0.15, 0.2) is 0 Å². The van der Waals surface area contributed by atoms with Crippen LogP contribution in [0.15, 0.2) is 53.3 Å². The fraction of sp³-hybridized carbons (Fsp3) is 0.182. The molecular formula is C22H20N2OS. The first kappa shape index (κ1) is 16.7. The highest BCUT2D eigenvalue weighted by Gasteiger charge is 2.17. The third-order valence-corrected chi connectivity index (χ3v) is 5.80. The number of H-pyrrole nitrogens is 1. The van der Waals surface area contributed by atoms with Crippen molar-refractivity contribution in [1.82, 2.24) is 9.97 Å². The monoisotopic (exact) mass is 360 g/mol. The van der Waals surface area contributed by atoms with Gasteiger partial charge in [-0.25, -0.2) is 4.98 Å². The Morgan fingerprint density at radius 1 is 1.00 bits per heavy atom. The Hall–Kier alpha value is -2.72. The molecule has 4 heteroatoms. The molecule has 2 aromatic heterocycles. The first-order valence-corrected chi connectivity index (χ1v) is 9.48. The fourth-order valence-electron chi connectivity index (χ4n) is 3.28. The Kier molecular flexibility index (Phi) is 4.21. The molecular weight excluding hydrogens is 340 g/mol. The molecule has 1 N–H and O–H groups in total. The van der Waals surface area contributed by atoms with Crippen molar-refractivity contribution in [3.05, 3.63) is 86.3 Å². The second-order valence-electron chi connectivity index (χ2n) is 6.69. The van der Waals surface area contributed by atoms with Crippen molar-refractivity contribution in [3.8, 4) is 11.1 Å². The number of aromatic amines is 1. The second kappa shape index (κ2) is 6.54. The van der Waals surface area contributed by atoms with Crippen molar-refractivity contribution < 1.29 is 0 Å². The van der Waals surface area contributed by atoms with Crippen molar-refractivity contribution in [2.24, 2.45) is 0 Å². The van der Waals surface area contributed by atoms with E-state index < -0.39 is 0 Å². The van der Waals surface area contributed by atoms with Crippen LogP contribution in [0.1, 0.15) is 27.4 Å². The molecule has 2 heterocycles. The molecule has 0 unspecified atom stereocenters. The molecule has 0 spiro atoms. The van der Waals surface area contributed by atoms with E-state index in [9.17, 15) is 4.79 Å². The molecule has 3 nitrogen and oxygen atoms in total. The van der Waals surface area contributed by atoms with E-state index >= 15 is 0 Å². The lowest BCUT2D eigenvalue weighted by molar-refractivity contribution is 0.977. The average molecular weight is 360 g/mol. The summed E-state index contributed by atoms with van der Waals surface area (Å²) in [5, 5.41) is 0.701. The van der Waals surface area contributed by atoms with Crippen LogP contribution in [0.3, 0.4) is 0 Å². The Morgan fingerprint density at radius 3 is 2.50 bits per heavy atom. The minimum Gasteiger partial charge on any atom is -0.310 e. The number of aryl methyl sites for hydroxylation is 3. The minimum absolute atomic E-state index is 0.0569. The van der Waals surface area contributed by atoms with E-state index in [1.165, 1.54) is 11.1 Å². The summed E-state index contributed by atoms with van der Waals surface area (Å²) in [6.45, 7) is 6.26. The maximum atomic E-state index is 12.9. The Labute approximate surface area is 156 Å². The van der Waals surface area contributed by atoms with E-state index in [1.807, 2.05) is 30.3 Å². The number of thiophene rings is 1. The van der Waals surface area contributed by atoms with Crippen LogP contribution in [-0.2, 0) is 6.42 Å². The number of nitrogens with zero attached hydrogens (tertiary/aromatic N) is 1. The van der Waals surface area contributed by atoms with Crippen LogP contribution < -0.4 is 5.56 Å². The van der Waals surface area contributed by atoms with Gasteiger partial charge in [-0.3, -0.25) is 4.79 Å². The summed E-state index contributed by atoms with van der Waals surface area (Å²) >= 11 is 1.59. The molecule has 26 heavy (non-hydrogen) atoms. The van der Waals surface area contributed by atoms with Gasteiger partial charge in [-0.15, -0.1) is 11.3 Å². The summed E-state index contributed by atoms with van der Waals surface area (Å²) in [5.74, 6) is 0.710. The molecule has 0 saturated carbocycles. The largest absolute Gasteiger partial charge is 0.310 e. The molecule has 0 fully saturated rings. The average Bonchev–Trinajstić information content (AvgIpc) is 2.95. The maximum absolute atomic E-state index is 12.9. The van der Waals surface area contributed by atoms with Gasteiger partial charge in [0.2, 0.25) is 0 Å². The molecule has 0 aliphatic heterocycles. The molecule has 0 atom stereocenters. The zero-order valence-electron chi connectivity index (χ0n) is 15.1. The molecule has 0 aliphatic carbocycles. The van der Waals surface area contributed by atoms with Crippen molar-refractivity contribution >= 4 is 21.6 Å². The van der Waals surface area contributed by atoms with E-state index in [4.69, 9.17) is 4.98 Å². The highest BCUT2D eigenvalue weighted by atomic mass is 32.1. The van der Waals surface area contributed by atoms with Gasteiger partial charge < -0.3 is 4.98 Å². The summed E-state index contributed by atoms with van der Waals surface area (Å²) in [4.78, 5) is 22.5. The number of hydrogen-bond donors (Lipinski definition) is 1. The standard InChI is InChI=1S/C22H20N2OS/c1-13-9-10-17(11-14(13)2)19-15(3)26-22-20(19)21(25)23-18(24-22)12-16-7-5-4-6-8-16/h4-11H,12H2,1-3H3,(H,23,24,25). The minimum atomic E-state index is -0.0569. The van der Waals surface area contributed by atoms with Crippen LogP contribution >= 0.6 is 11.3 Å². The predicted molar refractivity (Wildman–Crippen MR) is 109 cm³/mol. The number of hydrogen-bond acceptors (Lipinski definition) is 3. The van der Waals surface area contributed by atoms with Crippen LogP contribution in [0.2, 0.25) is 0 Å². The lowest BCUT2D eigenvalue weighted by Gasteiger charge is -2.06. The Balaban J connectivity index is 1.85. The topological polar surface area (TPSA) is 45.8 Å². The van der Waals surface area contributed by atoms with Gasteiger partial charge in [0.25, 0.3) is 5.56 Å². The van der Waals surface area contributed by atoms with Gasteiger partial charge in [-0.2, -0.15) is 0 Å². The van der Waals surface area contributed by atoms with Crippen molar-refractivity contribution in [2.75, 3.05) is 0 Å². The number of aromatic nitrogens is 2. The summed E-state index contributed by atoms with van der Waals surface area (Å²) in [6, 6.07) is 16.4. The molecule has 130 valence electrons. The zero-order chi connectivity index (χ0) is 18.3. The fourth-order valence-corrected chi connectivity index (χ4v) is 4.35. The molecule has 0 bridgehead atoms. The molecule has 4 rings (SSSR count). The summed E-state index contributed by atoms with van der Waals surface area (Å²) in [6.07, 6.45) is 0.627. The lowest BCUT2D eigenvalue weighted by Crippen LogP contribution is -2.11. The van der Waals surface area contributed by atoms with Gasteiger partial charge in [-0.1, -0.05) is 48.5 Å². The number of rotatable bonds is 3. The quantitative estimate of drug-likeness (QED) is 0.548. The van der Waals surface area contributed by atoms with E-state index in [0.29, 0.717) is 17.6 Å². The molecule has 0 aliphatic rings. The normalized spacial score (nSPS) is 11.2. The first-order valence-electron chi connectivity index (χ1n) is 8.67. The van der Waals surface area contributed by atoms with Gasteiger partial charge in [0.05, 0.1) is 5.39 Å². The van der Waals surface area contributed by atoms with Gasteiger partial charge in [0.1, 0.15) is 10.7 Å². The van der Waals surface area contributed by atoms with Crippen LogP contribution in [0.4, 0.5) is 0 Å². The van der Waals surface area contributed by atoms with E-state index in [2.05, 4.69) is 44.0 Å². The van der Waals surface area contributed by atoms with Crippen LogP contribution in [-0.4, -0.2) is 9.97 Å². The van der Waals surface area contributed by atoms with E-state index in [0.717, 1.165) is 26.4 Å². The SMILES string of the molecule is Cc1ccc(-c2c(C)sc3nc(Cc4ccccc4)[nH]c(=O)c23)cc1C. The van der Waals surface area contributed by atoms with Gasteiger partial charge >= 0.3 is 0 Å². The predicted octanol–water partition coefficient (Wildman–Crippen LogP) is 5.17. The Morgan fingerprint density at radius 2 is 1.77 bits per heavy atom. The number of nitrogens with one attached hydrogen (secondary N) is 1. The smallest absolute Gasteiger partial charge is 0.260 e. The third kappa shape index (κ3) is 2.97. The molecule has 4 aromatic rings. The van der Waals surface area contributed by atoms with Crippen molar-refractivity contribution in [3.63, 3.8) is 0 Å². The van der Waals surface area contributed by atoms with E-state index in [1.54, 1.807) is 11.3 Å². The summed E-state index contributed by atoms with van der Waals surface area (Å²) < 4.78 is 0.